The van der Waals surface area contributed by atoms with Gasteiger partial charge in [0.15, 0.2) is 0 Å². The first-order valence-electron chi connectivity index (χ1n) is 28.7. The van der Waals surface area contributed by atoms with E-state index in [1.54, 1.807) is 0 Å². The second-order valence-electron chi connectivity index (χ2n) is 23.0. The Hall–Kier alpha value is -8.60. The van der Waals surface area contributed by atoms with Crippen LogP contribution in [0.3, 0.4) is 0 Å². The lowest BCUT2D eigenvalue weighted by Crippen LogP contribution is -2.33. The maximum absolute atomic E-state index is 7.24. The molecule has 376 valence electrons. The molecule has 2 saturated carbocycles. The summed E-state index contributed by atoms with van der Waals surface area (Å²) >= 11 is 0. The zero-order chi connectivity index (χ0) is 51.1. The summed E-state index contributed by atoms with van der Waals surface area (Å²) in [6.45, 7) is 0. The average molecular weight is 1010 g/mol. The molecule has 0 bridgehead atoms. The Morgan fingerprint density at radius 3 is 1.40 bits per heavy atom. The topological polar surface area (TPSA) is 34.8 Å². The van der Waals surface area contributed by atoms with E-state index >= 15 is 0 Å². The van der Waals surface area contributed by atoms with Crippen molar-refractivity contribution in [2.45, 2.75) is 86.9 Å². The van der Waals surface area contributed by atoms with Gasteiger partial charge in [-0.3, -0.25) is 0 Å². The number of rotatable bonds is 5. The van der Waals surface area contributed by atoms with Crippen molar-refractivity contribution >= 4 is 39.0 Å². The lowest BCUT2D eigenvalue weighted by Gasteiger charge is -2.41. The molecule has 2 aliphatic heterocycles. The molecule has 0 unspecified atom stereocenters. The molecule has 0 saturated heterocycles. The van der Waals surface area contributed by atoms with E-state index in [4.69, 9.17) is 13.9 Å². The van der Waals surface area contributed by atoms with Gasteiger partial charge in [-0.2, -0.15) is 0 Å². The summed E-state index contributed by atoms with van der Waals surface area (Å²) in [7, 11) is 0. The summed E-state index contributed by atoms with van der Waals surface area (Å²) < 4.78 is 20.8. The van der Waals surface area contributed by atoms with Gasteiger partial charge in [-0.15, -0.1) is 0 Å². The van der Waals surface area contributed by atoms with Crippen LogP contribution in [0.5, 0.6) is 23.0 Å². The number of nitrogens with zero attached hydrogens (tertiary/aromatic N) is 1. The first-order chi connectivity index (χ1) is 38.7. The maximum Gasteiger partial charge on any atom is 0.137 e. The van der Waals surface area contributed by atoms with Crippen molar-refractivity contribution in [1.82, 2.24) is 0 Å². The highest BCUT2D eigenvalue weighted by Crippen LogP contribution is 2.66. The second kappa shape index (κ2) is 16.9. The molecule has 4 heteroatoms. The van der Waals surface area contributed by atoms with Crippen LogP contribution in [0, 0.1) is 0 Å². The monoisotopic (exact) mass is 1010 g/mol. The molecule has 0 atom stereocenters. The fourth-order valence-corrected chi connectivity index (χ4v) is 15.8. The van der Waals surface area contributed by atoms with Crippen LogP contribution in [-0.4, -0.2) is 0 Å². The quantitative estimate of drug-likeness (QED) is 0.172. The Morgan fingerprint density at radius 2 is 0.782 bits per heavy atom. The molecule has 2 spiro atoms. The van der Waals surface area contributed by atoms with Crippen LogP contribution in [0.15, 0.2) is 217 Å². The standard InChI is InChI=1S/C74H57NO3/c1-3-18-46(19-4-1)48-34-38-53-54-39-35-49(47-20-5-2-6-21-47)43-62(54)74(61(53)42-48)60-27-12-16-32-69(60)78-70-41-37-51(45-64(70)74)75(65-28-17-33-71-72(65)56-23-8-13-29-66(56)76-71)50-36-40-55-52-22-7-9-24-57(52)73(63(55)44-50)58-25-10-14-30-67(58)77-68-31-15-11-26-59(68)73/h7-17,22-47H,1-6,18-21H2. The Balaban J connectivity index is 0.956. The highest BCUT2D eigenvalue weighted by Gasteiger charge is 2.53. The summed E-state index contributed by atoms with van der Waals surface area (Å²) in [6.07, 6.45) is 12.8. The molecule has 2 fully saturated rings. The van der Waals surface area contributed by atoms with Gasteiger partial charge in [0.2, 0.25) is 0 Å². The van der Waals surface area contributed by atoms with Crippen molar-refractivity contribution in [2.24, 2.45) is 0 Å². The lowest BCUT2D eigenvalue weighted by atomic mass is 9.65. The second-order valence-corrected chi connectivity index (χ2v) is 23.0. The number of fused-ring (bicyclic) bond motifs is 21. The largest absolute Gasteiger partial charge is 0.457 e. The van der Waals surface area contributed by atoms with Gasteiger partial charge in [-0.25, -0.2) is 0 Å². The van der Waals surface area contributed by atoms with Gasteiger partial charge in [0.05, 0.1) is 21.9 Å². The van der Waals surface area contributed by atoms with Crippen molar-refractivity contribution < 1.29 is 13.9 Å². The minimum Gasteiger partial charge on any atom is -0.457 e. The lowest BCUT2D eigenvalue weighted by molar-refractivity contribution is 0.433. The van der Waals surface area contributed by atoms with Gasteiger partial charge in [0.1, 0.15) is 34.2 Å². The molecule has 10 aromatic carbocycles. The van der Waals surface area contributed by atoms with Gasteiger partial charge in [-0.1, -0.05) is 184 Å². The zero-order valence-corrected chi connectivity index (χ0v) is 43.6. The van der Waals surface area contributed by atoms with E-state index in [9.17, 15) is 0 Å². The van der Waals surface area contributed by atoms with Crippen LogP contribution < -0.4 is 14.4 Å². The number of anilines is 3. The van der Waals surface area contributed by atoms with E-state index in [2.05, 4.69) is 217 Å². The number of benzene rings is 10. The molecule has 6 aliphatic rings. The molecule has 4 nitrogen and oxygen atoms in total. The van der Waals surface area contributed by atoms with Gasteiger partial charge in [-0.05, 0) is 160 Å². The Labute approximate surface area is 455 Å². The minimum atomic E-state index is -0.653. The normalized spacial score (nSPS) is 17.0. The predicted octanol–water partition coefficient (Wildman–Crippen LogP) is 20.1. The van der Waals surface area contributed by atoms with Gasteiger partial charge in [0, 0.05) is 39.0 Å². The SMILES string of the molecule is c1ccc2c(c1)Oc1ccc(N(c3ccc4c(c3)C3(c5ccccc5Oc5ccccc53)c3ccccc3-4)c3cccc4oc5ccccc5c34)cc1C21c2cc(C3CCCCC3)ccc2-c2ccc(C3CCCCC3)cc21. The zero-order valence-electron chi connectivity index (χ0n) is 43.6. The smallest absolute Gasteiger partial charge is 0.137 e. The summed E-state index contributed by atoms with van der Waals surface area (Å²) in [5, 5.41) is 2.16. The summed E-state index contributed by atoms with van der Waals surface area (Å²) in [5.74, 6) is 4.68. The molecule has 78 heavy (non-hydrogen) atoms. The molecule has 11 aromatic rings. The van der Waals surface area contributed by atoms with E-state index in [1.807, 2.05) is 0 Å². The van der Waals surface area contributed by atoms with Crippen molar-refractivity contribution in [3.8, 4) is 45.3 Å². The molecular weight excluding hydrogens is 951 g/mol. The number of furan rings is 1. The van der Waals surface area contributed by atoms with Gasteiger partial charge >= 0.3 is 0 Å². The highest BCUT2D eigenvalue weighted by atomic mass is 16.5. The van der Waals surface area contributed by atoms with E-state index in [-0.39, 0.29) is 0 Å². The highest BCUT2D eigenvalue weighted by molar-refractivity contribution is 6.13. The van der Waals surface area contributed by atoms with Gasteiger partial charge < -0.3 is 18.8 Å². The fourth-order valence-electron chi connectivity index (χ4n) is 15.8. The molecular formula is C74H57NO3. The Morgan fingerprint density at radius 1 is 0.333 bits per heavy atom. The molecule has 0 radical (unpaired) electrons. The Kier molecular flexibility index (Phi) is 9.67. The van der Waals surface area contributed by atoms with Gasteiger partial charge in [0.25, 0.3) is 0 Å². The van der Waals surface area contributed by atoms with Crippen molar-refractivity contribution in [2.75, 3.05) is 4.90 Å². The van der Waals surface area contributed by atoms with Crippen LogP contribution in [0.2, 0.25) is 0 Å². The van der Waals surface area contributed by atoms with Crippen LogP contribution in [0.4, 0.5) is 17.1 Å². The molecule has 4 aliphatic carbocycles. The summed E-state index contributed by atoms with van der Waals surface area (Å²) in [4.78, 5) is 2.51. The first-order valence-corrected chi connectivity index (χ1v) is 28.7. The van der Waals surface area contributed by atoms with Crippen molar-refractivity contribution in [1.29, 1.82) is 0 Å². The fraction of sp³-hybridized carbons (Fsp3) is 0.189. The number of hydrogen-bond acceptors (Lipinski definition) is 4. The van der Waals surface area contributed by atoms with Crippen LogP contribution in [0.25, 0.3) is 44.2 Å². The van der Waals surface area contributed by atoms with E-state index in [0.717, 1.165) is 73.1 Å². The third kappa shape index (κ3) is 6.12. The average Bonchev–Trinajstić information content (AvgIpc) is 4.31. The van der Waals surface area contributed by atoms with Crippen molar-refractivity contribution in [3.05, 3.63) is 268 Å². The van der Waals surface area contributed by atoms with Crippen LogP contribution in [-0.2, 0) is 10.8 Å². The van der Waals surface area contributed by atoms with Crippen LogP contribution in [0.1, 0.15) is 132 Å². The number of para-hydroxylation sites is 4. The van der Waals surface area contributed by atoms with E-state index in [1.165, 1.54) is 131 Å². The van der Waals surface area contributed by atoms with Crippen molar-refractivity contribution in [3.63, 3.8) is 0 Å². The number of ether oxygens (including phenoxy) is 2. The predicted molar refractivity (Wildman–Crippen MR) is 315 cm³/mol. The molecule has 17 rings (SSSR count). The molecule has 0 amide bonds. The minimum absolute atomic E-state index is 0.549. The third-order valence-corrected chi connectivity index (χ3v) is 19.2. The Bertz CT molecular complexity index is 4170. The molecule has 1 aromatic heterocycles. The van der Waals surface area contributed by atoms with Crippen LogP contribution >= 0.6 is 0 Å². The molecule has 0 N–H and O–H groups in total. The maximum atomic E-state index is 7.24. The molecule has 3 heterocycles. The summed E-state index contributed by atoms with van der Waals surface area (Å²) in [6, 6.07) is 79.8. The number of hydrogen-bond donors (Lipinski definition) is 0. The van der Waals surface area contributed by atoms with E-state index < -0.39 is 10.8 Å². The van der Waals surface area contributed by atoms with E-state index in [0.29, 0.717) is 11.8 Å². The third-order valence-electron chi connectivity index (χ3n) is 19.2. The first kappa shape index (κ1) is 44.5. The summed E-state index contributed by atoms with van der Waals surface area (Å²) in [5.41, 5.74) is 21.6.